The summed E-state index contributed by atoms with van der Waals surface area (Å²) < 4.78 is 7.39. The maximum absolute atomic E-state index is 11.2. The molecule has 1 amide bonds. The number of aromatic nitrogens is 1. The van der Waals surface area contributed by atoms with Gasteiger partial charge in [-0.1, -0.05) is 12.1 Å². The lowest BCUT2D eigenvalue weighted by atomic mass is 10.1. The molecule has 6 heteroatoms. The molecule has 0 aliphatic heterocycles. The molecule has 26 heavy (non-hydrogen) atoms. The first-order valence-corrected chi connectivity index (χ1v) is 8.74. The first-order chi connectivity index (χ1) is 12.7. The highest BCUT2D eigenvalue weighted by atomic mass is 16.5. The van der Waals surface area contributed by atoms with Gasteiger partial charge in [0.2, 0.25) is 0 Å². The highest BCUT2D eigenvalue weighted by Crippen LogP contribution is 2.24. The van der Waals surface area contributed by atoms with Crippen LogP contribution in [0, 0.1) is 0 Å². The minimum atomic E-state index is -0.549. The number of nitrogens with one attached hydrogen (secondary N) is 2. The predicted molar refractivity (Wildman–Crippen MR) is 104 cm³/mol. The van der Waals surface area contributed by atoms with Gasteiger partial charge in [-0.15, -0.1) is 6.58 Å². The molecule has 140 valence electrons. The Morgan fingerprint density at radius 1 is 1.42 bits per heavy atom. The molecule has 1 aromatic carbocycles. The molecule has 0 aliphatic carbocycles. The molecular formula is C20H27N3O3. The average molecular weight is 357 g/mol. The Bertz CT molecular complexity index is 765. The number of allylic oxidation sites excluding steroid dienone is 1. The van der Waals surface area contributed by atoms with E-state index in [9.17, 15) is 4.79 Å². The molecule has 0 radical (unpaired) electrons. The van der Waals surface area contributed by atoms with Crippen molar-refractivity contribution in [1.82, 2.24) is 15.4 Å². The van der Waals surface area contributed by atoms with Crippen molar-refractivity contribution in [3.8, 4) is 0 Å². The highest BCUT2D eigenvalue weighted by molar-refractivity contribution is 5.92. The van der Waals surface area contributed by atoms with Crippen molar-refractivity contribution in [3.05, 3.63) is 54.3 Å². The number of amides is 1. The molecule has 0 aliphatic rings. The third-order valence-corrected chi connectivity index (χ3v) is 4.14. The van der Waals surface area contributed by atoms with E-state index in [0.29, 0.717) is 6.61 Å². The number of unbranched alkanes of at least 4 members (excludes halogenated alkanes) is 1. The number of fused-ring (bicyclic) bond motifs is 1. The minimum absolute atomic E-state index is 0.549. The van der Waals surface area contributed by atoms with E-state index in [1.54, 1.807) is 18.7 Å². The van der Waals surface area contributed by atoms with Crippen LogP contribution in [-0.4, -0.2) is 35.9 Å². The predicted octanol–water partition coefficient (Wildman–Crippen LogP) is 2.86. The van der Waals surface area contributed by atoms with Crippen LogP contribution in [-0.2, 0) is 22.6 Å². The summed E-state index contributed by atoms with van der Waals surface area (Å²) in [7, 11) is 1.70. The summed E-state index contributed by atoms with van der Waals surface area (Å²) in [5.74, 6) is -0.549. The number of hydrogen-bond acceptors (Lipinski definition) is 4. The fourth-order valence-electron chi connectivity index (χ4n) is 2.81. The fraction of sp³-hybridized carbons (Fsp3) is 0.350. The topological polar surface area (TPSA) is 75.5 Å². The zero-order valence-corrected chi connectivity index (χ0v) is 15.2. The summed E-state index contributed by atoms with van der Waals surface area (Å²) in [5, 5.41) is 13.2. The number of carbonyl (C=O) groups is 1. The molecule has 1 aromatic heterocycles. The molecule has 0 saturated carbocycles. The van der Waals surface area contributed by atoms with Gasteiger partial charge in [-0.05, 0) is 48.7 Å². The summed E-state index contributed by atoms with van der Waals surface area (Å²) >= 11 is 0. The van der Waals surface area contributed by atoms with E-state index < -0.39 is 5.91 Å². The Morgan fingerprint density at radius 3 is 3.00 bits per heavy atom. The Labute approximate surface area is 154 Å². The molecule has 6 nitrogen and oxygen atoms in total. The second kappa shape index (κ2) is 10.6. The zero-order valence-electron chi connectivity index (χ0n) is 15.2. The van der Waals surface area contributed by atoms with Crippen LogP contribution in [0.15, 0.2) is 43.1 Å². The number of ether oxygens (including phenoxy) is 1. The summed E-state index contributed by atoms with van der Waals surface area (Å²) in [6.45, 7) is 6.89. The van der Waals surface area contributed by atoms with Gasteiger partial charge in [0.1, 0.15) is 0 Å². The van der Waals surface area contributed by atoms with E-state index in [4.69, 9.17) is 9.94 Å². The first kappa shape index (κ1) is 19.9. The molecule has 1 heterocycles. The number of methoxy groups -OCH3 is 1. The summed E-state index contributed by atoms with van der Waals surface area (Å²) in [5.41, 5.74) is 4.83. The van der Waals surface area contributed by atoms with Crippen molar-refractivity contribution in [3.63, 3.8) is 0 Å². The number of benzene rings is 1. The Morgan fingerprint density at radius 2 is 2.27 bits per heavy atom. The van der Waals surface area contributed by atoms with Crippen molar-refractivity contribution < 1.29 is 14.7 Å². The van der Waals surface area contributed by atoms with Gasteiger partial charge in [0.15, 0.2) is 0 Å². The lowest BCUT2D eigenvalue weighted by Crippen LogP contribution is -2.14. The smallest absolute Gasteiger partial charge is 0.267 e. The lowest BCUT2D eigenvalue weighted by Gasteiger charge is -2.04. The number of carbonyl (C=O) groups excluding carboxylic acids is 1. The van der Waals surface area contributed by atoms with Crippen molar-refractivity contribution >= 4 is 22.9 Å². The largest absolute Gasteiger partial charge is 0.383 e. The molecule has 0 bridgehead atoms. The zero-order chi connectivity index (χ0) is 18.8. The summed E-state index contributed by atoms with van der Waals surface area (Å²) in [4.78, 5) is 11.2. The van der Waals surface area contributed by atoms with Crippen molar-refractivity contribution in [2.24, 2.45) is 0 Å². The molecule has 0 spiro atoms. The second-order valence-electron chi connectivity index (χ2n) is 6.03. The molecular weight excluding hydrogens is 330 g/mol. The lowest BCUT2D eigenvalue weighted by molar-refractivity contribution is -0.124. The molecule has 0 unspecified atom stereocenters. The van der Waals surface area contributed by atoms with Gasteiger partial charge in [-0.25, -0.2) is 5.48 Å². The van der Waals surface area contributed by atoms with Gasteiger partial charge in [0, 0.05) is 43.4 Å². The van der Waals surface area contributed by atoms with E-state index >= 15 is 0 Å². The van der Waals surface area contributed by atoms with E-state index in [1.165, 1.54) is 11.6 Å². The van der Waals surface area contributed by atoms with Gasteiger partial charge in [-0.2, -0.15) is 0 Å². The molecule has 0 saturated heterocycles. The third kappa shape index (κ3) is 5.56. The van der Waals surface area contributed by atoms with Crippen LogP contribution in [0.1, 0.15) is 24.0 Å². The van der Waals surface area contributed by atoms with Crippen LogP contribution in [0.25, 0.3) is 17.0 Å². The van der Waals surface area contributed by atoms with Gasteiger partial charge >= 0.3 is 0 Å². The van der Waals surface area contributed by atoms with Crippen LogP contribution in [0.2, 0.25) is 0 Å². The Balaban J connectivity index is 2.23. The molecule has 3 N–H and O–H groups in total. The van der Waals surface area contributed by atoms with Crippen molar-refractivity contribution in [2.45, 2.75) is 25.9 Å². The average Bonchev–Trinajstić information content (AvgIpc) is 3.01. The number of hydrogen-bond donors (Lipinski definition) is 3. The molecule has 0 fully saturated rings. The van der Waals surface area contributed by atoms with Gasteiger partial charge < -0.3 is 14.6 Å². The maximum atomic E-state index is 11.2. The normalized spacial score (nSPS) is 11.3. The minimum Gasteiger partial charge on any atom is -0.383 e. The fourth-order valence-corrected chi connectivity index (χ4v) is 2.81. The number of nitrogens with zero attached hydrogens (tertiary/aromatic N) is 1. The van der Waals surface area contributed by atoms with Gasteiger partial charge in [-0.3, -0.25) is 10.0 Å². The summed E-state index contributed by atoms with van der Waals surface area (Å²) in [6, 6.07) is 6.05. The monoisotopic (exact) mass is 357 g/mol. The van der Waals surface area contributed by atoms with Crippen LogP contribution in [0.4, 0.5) is 0 Å². The Kier molecular flexibility index (Phi) is 8.08. The van der Waals surface area contributed by atoms with E-state index in [-0.39, 0.29) is 0 Å². The maximum Gasteiger partial charge on any atom is 0.267 e. The van der Waals surface area contributed by atoms with Crippen molar-refractivity contribution in [2.75, 3.05) is 20.3 Å². The van der Waals surface area contributed by atoms with Crippen LogP contribution in [0.3, 0.4) is 0 Å². The third-order valence-electron chi connectivity index (χ3n) is 4.14. The molecule has 2 aromatic rings. The molecule has 2 rings (SSSR count). The molecule has 0 atom stereocenters. The number of hydroxylamine groups is 1. The summed E-state index contributed by atoms with van der Waals surface area (Å²) in [6.07, 6.45) is 9.13. The highest BCUT2D eigenvalue weighted by Gasteiger charge is 2.09. The van der Waals surface area contributed by atoms with Gasteiger partial charge in [0.05, 0.1) is 6.61 Å². The second-order valence-corrected chi connectivity index (χ2v) is 6.03. The SMILES string of the molecule is C=CCCCNCc1cn(CCOC)c2ccc(/C=C/C(=O)NO)cc12. The number of rotatable bonds is 11. The van der Waals surface area contributed by atoms with Crippen LogP contribution in [0.5, 0.6) is 0 Å². The first-order valence-electron chi connectivity index (χ1n) is 8.74. The van der Waals surface area contributed by atoms with E-state index in [0.717, 1.165) is 48.9 Å². The van der Waals surface area contributed by atoms with E-state index in [2.05, 4.69) is 28.7 Å². The van der Waals surface area contributed by atoms with Gasteiger partial charge in [0.25, 0.3) is 5.91 Å². The van der Waals surface area contributed by atoms with Crippen LogP contribution < -0.4 is 10.8 Å². The van der Waals surface area contributed by atoms with E-state index in [1.807, 2.05) is 18.2 Å². The van der Waals surface area contributed by atoms with Crippen molar-refractivity contribution in [1.29, 1.82) is 0 Å². The van der Waals surface area contributed by atoms with Crippen LogP contribution >= 0.6 is 0 Å². The Hall–Kier alpha value is -2.41. The standard InChI is InChI=1S/C20H27N3O3/c1-3-4-5-10-21-14-17-15-23(11-12-26-2)19-8-6-16(13-18(17)19)7-9-20(24)22-25/h3,6-9,13,15,21,25H,1,4-5,10-12,14H2,2H3,(H,22,24)/b9-7+. The quantitative estimate of drug-likeness (QED) is 0.190.